The van der Waals surface area contributed by atoms with Crippen molar-refractivity contribution in [3.63, 3.8) is 0 Å². The molecule has 3 heterocycles. The van der Waals surface area contributed by atoms with Gasteiger partial charge in [-0.1, -0.05) is 19.9 Å². The Labute approximate surface area is 116 Å². The van der Waals surface area contributed by atoms with Crippen LogP contribution in [0.25, 0.3) is 5.65 Å². The second kappa shape index (κ2) is 5.01. The van der Waals surface area contributed by atoms with Crippen molar-refractivity contribution in [2.24, 2.45) is 5.92 Å². The molecule has 0 spiro atoms. The minimum absolute atomic E-state index is 0.290. The normalized spacial score (nSPS) is 13.0. The Morgan fingerprint density at radius 2 is 2.16 bits per heavy atom. The Kier molecular flexibility index (Phi) is 3.21. The molecule has 0 aliphatic carbocycles. The highest BCUT2D eigenvalue weighted by Gasteiger charge is 2.17. The van der Waals surface area contributed by atoms with Gasteiger partial charge in [0.25, 0.3) is 0 Å². The summed E-state index contributed by atoms with van der Waals surface area (Å²) in [6, 6.07) is 8.41. The van der Waals surface area contributed by atoms with Crippen molar-refractivity contribution in [2.75, 3.05) is 5.32 Å². The van der Waals surface area contributed by atoms with E-state index in [2.05, 4.69) is 46.8 Å². The summed E-state index contributed by atoms with van der Waals surface area (Å²) in [5, 5.41) is 9.78. The molecule has 0 radical (unpaired) electrons. The predicted octanol–water partition coefficient (Wildman–Crippen LogP) is 3.60. The molecule has 0 aliphatic rings. The smallest absolute Gasteiger partial charge is 0.157 e. The highest BCUT2D eigenvalue weighted by atomic mass is 32.1. The third-order valence-electron chi connectivity index (χ3n) is 3.08. The molecule has 0 fully saturated rings. The molecule has 3 aromatic heterocycles. The first-order valence-electron chi connectivity index (χ1n) is 6.34. The first-order valence-corrected chi connectivity index (χ1v) is 7.22. The van der Waals surface area contributed by atoms with E-state index in [1.165, 1.54) is 4.88 Å². The van der Waals surface area contributed by atoms with Gasteiger partial charge in [-0.2, -0.15) is 5.10 Å². The first-order chi connectivity index (χ1) is 9.24. The van der Waals surface area contributed by atoms with E-state index in [4.69, 9.17) is 0 Å². The summed E-state index contributed by atoms with van der Waals surface area (Å²) >= 11 is 1.78. The molecule has 3 rings (SSSR count). The van der Waals surface area contributed by atoms with Gasteiger partial charge in [0.15, 0.2) is 5.65 Å². The average molecular weight is 272 g/mol. The van der Waals surface area contributed by atoms with Crippen molar-refractivity contribution in [1.82, 2.24) is 14.6 Å². The van der Waals surface area contributed by atoms with Crippen LogP contribution < -0.4 is 5.32 Å². The molecule has 1 unspecified atom stereocenters. The van der Waals surface area contributed by atoms with Crippen molar-refractivity contribution >= 4 is 22.8 Å². The number of rotatable bonds is 4. The fourth-order valence-electron chi connectivity index (χ4n) is 2.09. The van der Waals surface area contributed by atoms with Crippen LogP contribution in [0.4, 0.5) is 5.82 Å². The number of thiophene rings is 1. The van der Waals surface area contributed by atoms with Crippen molar-refractivity contribution in [3.8, 4) is 0 Å². The van der Waals surface area contributed by atoms with Gasteiger partial charge in [-0.3, -0.25) is 0 Å². The Morgan fingerprint density at radius 1 is 1.26 bits per heavy atom. The summed E-state index contributed by atoms with van der Waals surface area (Å²) in [5.41, 5.74) is 0.860. The summed E-state index contributed by atoms with van der Waals surface area (Å²) in [6.07, 6.45) is 3.68. The standard InChI is InChI=1S/C14H16N4S/c1-10(2)14(11-4-3-9-19-11)17-12-6-8-18-13(16-12)5-7-15-18/h3-10,14H,1-2H3,(H,16,17). The van der Waals surface area contributed by atoms with E-state index in [0.717, 1.165) is 11.5 Å². The van der Waals surface area contributed by atoms with E-state index in [0.29, 0.717) is 5.92 Å². The van der Waals surface area contributed by atoms with Crippen molar-refractivity contribution in [3.05, 3.63) is 46.9 Å². The molecule has 3 aromatic rings. The Morgan fingerprint density at radius 3 is 2.89 bits per heavy atom. The number of nitrogens with one attached hydrogen (secondary N) is 1. The molecular weight excluding hydrogens is 256 g/mol. The minimum Gasteiger partial charge on any atom is -0.362 e. The van der Waals surface area contributed by atoms with Gasteiger partial charge < -0.3 is 5.32 Å². The van der Waals surface area contributed by atoms with E-state index in [-0.39, 0.29) is 6.04 Å². The van der Waals surface area contributed by atoms with Gasteiger partial charge in [0.1, 0.15) is 5.82 Å². The molecule has 0 saturated carbocycles. The predicted molar refractivity (Wildman–Crippen MR) is 78.5 cm³/mol. The highest BCUT2D eigenvalue weighted by molar-refractivity contribution is 7.10. The maximum Gasteiger partial charge on any atom is 0.157 e. The monoisotopic (exact) mass is 272 g/mol. The van der Waals surface area contributed by atoms with Gasteiger partial charge >= 0.3 is 0 Å². The maximum absolute atomic E-state index is 4.56. The molecule has 98 valence electrons. The molecule has 0 aromatic carbocycles. The number of anilines is 1. The third kappa shape index (κ3) is 2.46. The molecular formula is C14H16N4S. The van der Waals surface area contributed by atoms with Gasteiger partial charge in [0.2, 0.25) is 0 Å². The van der Waals surface area contributed by atoms with Crippen LogP contribution in [0.3, 0.4) is 0 Å². The van der Waals surface area contributed by atoms with Gasteiger partial charge in [-0.15, -0.1) is 11.3 Å². The lowest BCUT2D eigenvalue weighted by molar-refractivity contribution is 0.552. The van der Waals surface area contributed by atoms with Crippen LogP contribution in [0.1, 0.15) is 24.8 Å². The van der Waals surface area contributed by atoms with Gasteiger partial charge in [-0.25, -0.2) is 9.50 Å². The minimum atomic E-state index is 0.290. The quantitative estimate of drug-likeness (QED) is 0.789. The van der Waals surface area contributed by atoms with Crippen molar-refractivity contribution < 1.29 is 0 Å². The topological polar surface area (TPSA) is 42.2 Å². The Bertz CT molecular complexity index is 657. The highest BCUT2D eigenvalue weighted by Crippen LogP contribution is 2.29. The molecule has 4 nitrogen and oxygen atoms in total. The lowest BCUT2D eigenvalue weighted by Crippen LogP contribution is -2.16. The largest absolute Gasteiger partial charge is 0.362 e. The van der Waals surface area contributed by atoms with Crippen molar-refractivity contribution in [1.29, 1.82) is 0 Å². The second-order valence-electron chi connectivity index (χ2n) is 4.83. The van der Waals surface area contributed by atoms with Gasteiger partial charge in [-0.05, 0) is 23.4 Å². The number of hydrogen-bond acceptors (Lipinski definition) is 4. The SMILES string of the molecule is CC(C)C(Nc1ccn2nccc2n1)c1cccs1. The summed E-state index contributed by atoms with van der Waals surface area (Å²) in [7, 11) is 0. The molecule has 0 amide bonds. The van der Waals surface area contributed by atoms with Gasteiger partial charge in [0, 0.05) is 17.1 Å². The fourth-order valence-corrected chi connectivity index (χ4v) is 3.04. The number of hydrogen-bond donors (Lipinski definition) is 1. The summed E-state index contributed by atoms with van der Waals surface area (Å²) < 4.78 is 1.76. The lowest BCUT2D eigenvalue weighted by atomic mass is 10.0. The third-order valence-corrected chi connectivity index (χ3v) is 4.03. The van der Waals surface area contributed by atoms with Crippen LogP contribution in [-0.2, 0) is 0 Å². The average Bonchev–Trinajstić information content (AvgIpc) is 3.06. The molecule has 5 heteroatoms. The second-order valence-corrected chi connectivity index (χ2v) is 5.81. The van der Waals surface area contributed by atoms with E-state index in [1.54, 1.807) is 22.0 Å². The molecule has 1 atom stereocenters. The van der Waals surface area contributed by atoms with Crippen LogP contribution in [0.15, 0.2) is 42.0 Å². The summed E-state index contributed by atoms with van der Waals surface area (Å²) in [6.45, 7) is 4.43. The van der Waals surface area contributed by atoms with Crippen LogP contribution in [0.2, 0.25) is 0 Å². The van der Waals surface area contributed by atoms with E-state index in [9.17, 15) is 0 Å². The zero-order valence-electron chi connectivity index (χ0n) is 10.9. The molecule has 19 heavy (non-hydrogen) atoms. The Hall–Kier alpha value is -1.88. The van der Waals surface area contributed by atoms with E-state index >= 15 is 0 Å². The van der Waals surface area contributed by atoms with E-state index in [1.807, 2.05) is 18.3 Å². The van der Waals surface area contributed by atoms with Crippen molar-refractivity contribution in [2.45, 2.75) is 19.9 Å². The zero-order valence-corrected chi connectivity index (χ0v) is 11.8. The van der Waals surface area contributed by atoms with Crippen LogP contribution in [-0.4, -0.2) is 14.6 Å². The van der Waals surface area contributed by atoms with Gasteiger partial charge in [0.05, 0.1) is 12.2 Å². The molecule has 0 bridgehead atoms. The summed E-state index contributed by atoms with van der Waals surface area (Å²) in [5.74, 6) is 1.39. The van der Waals surface area contributed by atoms with Crippen LogP contribution in [0, 0.1) is 5.92 Å². The first kappa shape index (κ1) is 12.2. The number of aromatic nitrogens is 3. The molecule has 0 saturated heterocycles. The summed E-state index contributed by atoms with van der Waals surface area (Å²) in [4.78, 5) is 5.90. The van der Waals surface area contributed by atoms with Crippen LogP contribution >= 0.6 is 11.3 Å². The molecule has 1 N–H and O–H groups in total. The lowest BCUT2D eigenvalue weighted by Gasteiger charge is -2.21. The molecule has 0 aliphatic heterocycles. The maximum atomic E-state index is 4.56. The van der Waals surface area contributed by atoms with Crippen LogP contribution in [0.5, 0.6) is 0 Å². The fraction of sp³-hybridized carbons (Fsp3) is 0.286. The number of fused-ring (bicyclic) bond motifs is 1. The van der Waals surface area contributed by atoms with E-state index < -0.39 is 0 Å². The Balaban J connectivity index is 1.89. The number of nitrogens with zero attached hydrogens (tertiary/aromatic N) is 3. The zero-order chi connectivity index (χ0) is 13.2.